The fourth-order valence-electron chi connectivity index (χ4n) is 5.63. The Bertz CT molecular complexity index is 1150. The minimum Gasteiger partial charge on any atom is -0.496 e. The van der Waals surface area contributed by atoms with E-state index in [0.29, 0.717) is 47.0 Å². The maximum atomic E-state index is 9.90. The number of allylic oxidation sites excluding steroid dienone is 1. The Morgan fingerprint density at radius 1 is 1.15 bits per heavy atom. The highest BCUT2D eigenvalue weighted by Crippen LogP contribution is 2.48. The summed E-state index contributed by atoms with van der Waals surface area (Å²) in [5.74, 6) is 2.82. The lowest BCUT2D eigenvalue weighted by atomic mass is 9.93. The van der Waals surface area contributed by atoms with Crippen LogP contribution in [0.5, 0.6) is 0 Å². The first-order chi connectivity index (χ1) is 16.0. The van der Waals surface area contributed by atoms with Gasteiger partial charge in [-0.2, -0.15) is 5.26 Å². The molecule has 5 nitrogen and oxygen atoms in total. The Labute approximate surface area is 200 Å². The molecule has 2 heterocycles. The van der Waals surface area contributed by atoms with Gasteiger partial charge in [0.1, 0.15) is 30.6 Å². The van der Waals surface area contributed by atoms with Crippen LogP contribution in [0.3, 0.4) is 0 Å². The summed E-state index contributed by atoms with van der Waals surface area (Å²) in [5, 5.41) is 10.4. The Morgan fingerprint density at radius 3 is 2.64 bits per heavy atom. The Morgan fingerprint density at radius 2 is 1.91 bits per heavy atom. The van der Waals surface area contributed by atoms with Crippen molar-refractivity contribution in [2.24, 2.45) is 22.7 Å². The topological polar surface area (TPSA) is 67.5 Å². The number of nitrogens with zero attached hydrogens (tertiary/aromatic N) is 3. The molecule has 5 rings (SSSR count). The SMILES string of the molecule is Cc1cc(Cl)c(-c2ccc(C3=NCCO3)cc2)nc1/C(C#N)=C/OC1CCC2C(C)CCC12. The summed E-state index contributed by atoms with van der Waals surface area (Å²) in [6.45, 7) is 5.59. The van der Waals surface area contributed by atoms with Crippen molar-refractivity contribution in [3.63, 3.8) is 0 Å². The second-order valence-electron chi connectivity index (χ2n) is 9.37. The van der Waals surface area contributed by atoms with E-state index in [1.165, 1.54) is 19.3 Å². The molecular weight excluding hydrogens is 434 g/mol. The zero-order valence-corrected chi connectivity index (χ0v) is 19.8. The lowest BCUT2D eigenvalue weighted by Gasteiger charge is -2.19. The summed E-state index contributed by atoms with van der Waals surface area (Å²) >= 11 is 6.56. The van der Waals surface area contributed by atoms with E-state index in [1.54, 1.807) is 6.26 Å². The summed E-state index contributed by atoms with van der Waals surface area (Å²) in [5.41, 5.74) is 4.35. The van der Waals surface area contributed by atoms with Crippen molar-refractivity contribution in [1.29, 1.82) is 5.26 Å². The monoisotopic (exact) mass is 461 g/mol. The number of halogens is 1. The third kappa shape index (κ3) is 4.25. The van der Waals surface area contributed by atoms with Gasteiger partial charge in [0.15, 0.2) is 0 Å². The number of benzene rings is 1. The highest BCUT2D eigenvalue weighted by atomic mass is 35.5. The van der Waals surface area contributed by atoms with Crippen molar-refractivity contribution < 1.29 is 9.47 Å². The molecule has 170 valence electrons. The number of aromatic nitrogens is 1. The molecule has 33 heavy (non-hydrogen) atoms. The van der Waals surface area contributed by atoms with E-state index in [0.717, 1.165) is 34.9 Å². The number of hydrogen-bond acceptors (Lipinski definition) is 5. The van der Waals surface area contributed by atoms with Gasteiger partial charge in [-0.05, 0) is 67.7 Å². The first-order valence-corrected chi connectivity index (χ1v) is 12.1. The van der Waals surface area contributed by atoms with E-state index in [2.05, 4.69) is 18.0 Å². The molecule has 2 aromatic rings. The van der Waals surface area contributed by atoms with Gasteiger partial charge in [-0.15, -0.1) is 0 Å². The standard InChI is InChI=1S/C27H28ClN3O2/c1-16-3-8-22-21(16)9-10-24(22)33-15-20(14-29)25-17(2)13-23(28)26(31-25)18-4-6-19(7-5-18)27-30-11-12-32-27/h4-7,13,15-16,21-22,24H,3,8-12H2,1-2H3/b20-15+. The van der Waals surface area contributed by atoms with E-state index < -0.39 is 0 Å². The van der Waals surface area contributed by atoms with Crippen LogP contribution >= 0.6 is 11.6 Å². The number of aryl methyl sites for hydroxylation is 1. The van der Waals surface area contributed by atoms with Crippen molar-refractivity contribution >= 4 is 23.1 Å². The normalized spacial score (nSPS) is 26.5. The fourth-order valence-corrected chi connectivity index (χ4v) is 5.95. The molecule has 0 saturated heterocycles. The van der Waals surface area contributed by atoms with Crippen LogP contribution in [-0.2, 0) is 9.47 Å². The van der Waals surface area contributed by atoms with E-state index in [1.807, 2.05) is 37.3 Å². The van der Waals surface area contributed by atoms with Gasteiger partial charge in [0.05, 0.1) is 23.0 Å². The predicted octanol–water partition coefficient (Wildman–Crippen LogP) is 6.19. The molecule has 1 aromatic heterocycles. The molecule has 6 heteroatoms. The van der Waals surface area contributed by atoms with Gasteiger partial charge in [0.2, 0.25) is 5.90 Å². The molecule has 2 saturated carbocycles. The van der Waals surface area contributed by atoms with Gasteiger partial charge in [0.25, 0.3) is 0 Å². The largest absolute Gasteiger partial charge is 0.496 e. The van der Waals surface area contributed by atoms with Crippen LogP contribution in [0.15, 0.2) is 41.6 Å². The molecule has 1 aliphatic heterocycles. The lowest BCUT2D eigenvalue weighted by molar-refractivity contribution is 0.102. The molecule has 4 unspecified atom stereocenters. The van der Waals surface area contributed by atoms with Crippen LogP contribution < -0.4 is 0 Å². The Kier molecular flexibility index (Phi) is 6.12. The van der Waals surface area contributed by atoms with Crippen molar-refractivity contribution in [2.75, 3.05) is 13.2 Å². The van der Waals surface area contributed by atoms with Crippen molar-refractivity contribution in [1.82, 2.24) is 4.98 Å². The average molecular weight is 462 g/mol. The average Bonchev–Trinajstić information content (AvgIpc) is 3.56. The van der Waals surface area contributed by atoms with Crippen LogP contribution in [0.2, 0.25) is 5.02 Å². The van der Waals surface area contributed by atoms with Gasteiger partial charge in [-0.25, -0.2) is 9.98 Å². The van der Waals surface area contributed by atoms with Crippen LogP contribution in [0.1, 0.15) is 49.4 Å². The number of aliphatic imine (C=N–C) groups is 1. The van der Waals surface area contributed by atoms with Crippen LogP contribution in [0.4, 0.5) is 0 Å². The van der Waals surface area contributed by atoms with E-state index >= 15 is 0 Å². The van der Waals surface area contributed by atoms with E-state index in [4.69, 9.17) is 26.1 Å². The number of rotatable bonds is 5. The van der Waals surface area contributed by atoms with E-state index in [9.17, 15) is 5.26 Å². The highest BCUT2D eigenvalue weighted by Gasteiger charge is 2.43. The summed E-state index contributed by atoms with van der Waals surface area (Å²) in [6.07, 6.45) is 6.62. The number of hydrogen-bond donors (Lipinski definition) is 0. The van der Waals surface area contributed by atoms with Crippen molar-refractivity contribution in [3.05, 3.63) is 58.4 Å². The number of fused-ring (bicyclic) bond motifs is 1. The van der Waals surface area contributed by atoms with Crippen molar-refractivity contribution in [3.8, 4) is 17.3 Å². The number of nitriles is 1. The van der Waals surface area contributed by atoms with Crippen molar-refractivity contribution in [2.45, 2.75) is 45.6 Å². The highest BCUT2D eigenvalue weighted by molar-refractivity contribution is 6.33. The first kappa shape index (κ1) is 22.0. The Hall–Kier alpha value is -2.84. The second-order valence-corrected chi connectivity index (χ2v) is 9.78. The van der Waals surface area contributed by atoms with E-state index in [-0.39, 0.29) is 6.10 Å². The molecule has 0 N–H and O–H groups in total. The maximum absolute atomic E-state index is 9.90. The van der Waals surface area contributed by atoms with Gasteiger partial charge in [0, 0.05) is 11.1 Å². The molecule has 1 aromatic carbocycles. The molecule has 2 fully saturated rings. The van der Waals surface area contributed by atoms with Gasteiger partial charge in [-0.1, -0.05) is 37.1 Å². The molecular formula is C27H28ClN3O2. The molecule has 2 aliphatic carbocycles. The first-order valence-electron chi connectivity index (χ1n) is 11.8. The third-order valence-electron chi connectivity index (χ3n) is 7.39. The minimum atomic E-state index is 0.198. The summed E-state index contributed by atoms with van der Waals surface area (Å²) < 4.78 is 11.7. The van der Waals surface area contributed by atoms with Crippen LogP contribution in [-0.4, -0.2) is 30.1 Å². The zero-order chi connectivity index (χ0) is 22.9. The minimum absolute atomic E-state index is 0.198. The zero-order valence-electron chi connectivity index (χ0n) is 19.1. The quantitative estimate of drug-likeness (QED) is 0.393. The number of pyridine rings is 1. The fraction of sp³-hybridized carbons (Fsp3) is 0.444. The molecule has 0 radical (unpaired) electrons. The van der Waals surface area contributed by atoms with Gasteiger partial charge in [-0.3, -0.25) is 0 Å². The summed E-state index contributed by atoms with van der Waals surface area (Å²) in [4.78, 5) is 9.16. The predicted molar refractivity (Wildman–Crippen MR) is 130 cm³/mol. The number of ether oxygens (including phenoxy) is 2. The Balaban J connectivity index is 1.40. The van der Waals surface area contributed by atoms with Crippen LogP contribution in [0, 0.1) is 36.0 Å². The lowest BCUT2D eigenvalue weighted by Crippen LogP contribution is -2.17. The van der Waals surface area contributed by atoms with Crippen LogP contribution in [0.25, 0.3) is 16.8 Å². The molecule has 0 amide bonds. The smallest absolute Gasteiger partial charge is 0.216 e. The summed E-state index contributed by atoms with van der Waals surface area (Å²) in [7, 11) is 0. The maximum Gasteiger partial charge on any atom is 0.216 e. The molecule has 0 spiro atoms. The molecule has 4 atom stereocenters. The third-order valence-corrected chi connectivity index (χ3v) is 7.68. The molecule has 3 aliphatic rings. The second kappa shape index (κ2) is 9.19. The molecule has 0 bridgehead atoms. The van der Waals surface area contributed by atoms with Gasteiger partial charge < -0.3 is 9.47 Å². The van der Waals surface area contributed by atoms with Gasteiger partial charge >= 0.3 is 0 Å². The summed E-state index contributed by atoms with van der Waals surface area (Å²) in [6, 6.07) is 12.0.